The summed E-state index contributed by atoms with van der Waals surface area (Å²) in [6.45, 7) is 8.20. The molecule has 0 aliphatic heterocycles. The Bertz CT molecular complexity index is 321. The molecule has 1 N–H and O–H groups in total. The van der Waals surface area contributed by atoms with Gasteiger partial charge >= 0.3 is 0 Å². The Morgan fingerprint density at radius 2 is 2.06 bits per heavy atom. The lowest BCUT2D eigenvalue weighted by Crippen LogP contribution is -2.10. The third-order valence-electron chi connectivity index (χ3n) is 2.57. The third-order valence-corrected chi connectivity index (χ3v) is 2.57. The molecular weight excluding hydrogens is 198 g/mol. The van der Waals surface area contributed by atoms with Gasteiger partial charge in [0.25, 0.3) is 0 Å². The van der Waals surface area contributed by atoms with Gasteiger partial charge in [0.2, 0.25) is 0 Å². The molecule has 0 unspecified atom stereocenters. The highest BCUT2D eigenvalue weighted by atomic mass is 16.5. The minimum Gasteiger partial charge on any atom is -0.493 e. The zero-order chi connectivity index (χ0) is 12.0. The molecule has 2 nitrogen and oxygen atoms in total. The van der Waals surface area contributed by atoms with Gasteiger partial charge in [0.1, 0.15) is 5.75 Å². The predicted octanol–water partition coefficient (Wildman–Crippen LogP) is 3.32. The average Bonchev–Trinajstić information content (AvgIpc) is 2.27. The molecule has 0 spiro atoms. The van der Waals surface area contributed by atoms with Crippen LogP contribution in [0.15, 0.2) is 18.2 Å². The van der Waals surface area contributed by atoms with Gasteiger partial charge in [-0.25, -0.2) is 0 Å². The number of nitrogens with one attached hydrogen (secondary N) is 1. The summed E-state index contributed by atoms with van der Waals surface area (Å²) >= 11 is 0. The number of rotatable bonds is 6. The van der Waals surface area contributed by atoms with Gasteiger partial charge in [0.05, 0.1) is 6.61 Å². The van der Waals surface area contributed by atoms with Crippen molar-refractivity contribution in [3.05, 3.63) is 29.3 Å². The summed E-state index contributed by atoms with van der Waals surface area (Å²) in [4.78, 5) is 0. The van der Waals surface area contributed by atoms with E-state index in [1.165, 1.54) is 11.1 Å². The summed E-state index contributed by atoms with van der Waals surface area (Å²) in [5.74, 6) is 1.58. The van der Waals surface area contributed by atoms with Gasteiger partial charge in [-0.05, 0) is 24.9 Å². The Balaban J connectivity index is 3.02. The number of hydrogen-bond acceptors (Lipinski definition) is 2. The maximum Gasteiger partial charge on any atom is 0.127 e. The monoisotopic (exact) mass is 221 g/mol. The van der Waals surface area contributed by atoms with E-state index >= 15 is 0 Å². The topological polar surface area (TPSA) is 21.3 Å². The van der Waals surface area contributed by atoms with E-state index < -0.39 is 0 Å². The lowest BCUT2D eigenvalue weighted by atomic mass is 9.99. The largest absolute Gasteiger partial charge is 0.493 e. The molecule has 0 aromatic heterocycles. The molecule has 0 atom stereocenters. The van der Waals surface area contributed by atoms with Gasteiger partial charge in [-0.2, -0.15) is 0 Å². The molecule has 0 radical (unpaired) electrons. The van der Waals surface area contributed by atoms with Gasteiger partial charge < -0.3 is 10.1 Å². The SMILES string of the molecule is CCCOc1c(CNC)cccc1C(C)C. The van der Waals surface area contributed by atoms with Crippen LogP contribution in [0.5, 0.6) is 5.75 Å². The van der Waals surface area contributed by atoms with Gasteiger partial charge in [-0.1, -0.05) is 39.0 Å². The van der Waals surface area contributed by atoms with Crippen LogP contribution >= 0.6 is 0 Å². The Morgan fingerprint density at radius 1 is 1.31 bits per heavy atom. The summed E-state index contributed by atoms with van der Waals surface area (Å²) in [6.07, 6.45) is 1.05. The Hall–Kier alpha value is -1.02. The van der Waals surface area contributed by atoms with Crippen LogP contribution in [0.25, 0.3) is 0 Å². The first-order valence-corrected chi connectivity index (χ1v) is 6.09. The van der Waals surface area contributed by atoms with E-state index in [0.717, 1.165) is 25.3 Å². The minimum absolute atomic E-state index is 0.503. The molecule has 1 aromatic rings. The van der Waals surface area contributed by atoms with Crippen LogP contribution in [-0.2, 0) is 6.54 Å². The maximum atomic E-state index is 5.89. The number of para-hydroxylation sites is 1. The molecule has 1 rings (SSSR count). The number of ether oxygens (including phenoxy) is 1. The summed E-state index contributed by atoms with van der Waals surface area (Å²) < 4.78 is 5.89. The molecular formula is C14H23NO. The minimum atomic E-state index is 0.503. The van der Waals surface area contributed by atoms with Crippen molar-refractivity contribution in [2.45, 2.75) is 39.7 Å². The van der Waals surface area contributed by atoms with Crippen molar-refractivity contribution < 1.29 is 4.74 Å². The predicted molar refractivity (Wildman–Crippen MR) is 69.1 cm³/mol. The highest BCUT2D eigenvalue weighted by Gasteiger charge is 2.11. The maximum absolute atomic E-state index is 5.89. The molecule has 16 heavy (non-hydrogen) atoms. The number of benzene rings is 1. The van der Waals surface area contributed by atoms with Crippen molar-refractivity contribution in [1.82, 2.24) is 5.32 Å². The zero-order valence-electron chi connectivity index (χ0n) is 10.8. The van der Waals surface area contributed by atoms with Crippen LogP contribution in [0.3, 0.4) is 0 Å². The molecule has 0 aliphatic rings. The van der Waals surface area contributed by atoms with Crippen molar-refractivity contribution >= 4 is 0 Å². The van der Waals surface area contributed by atoms with Gasteiger partial charge in [0, 0.05) is 12.1 Å². The Morgan fingerprint density at radius 3 is 2.62 bits per heavy atom. The average molecular weight is 221 g/mol. The quantitative estimate of drug-likeness (QED) is 0.795. The van der Waals surface area contributed by atoms with E-state index in [9.17, 15) is 0 Å². The third kappa shape index (κ3) is 3.24. The molecule has 2 heteroatoms. The molecule has 0 saturated carbocycles. The fourth-order valence-corrected chi connectivity index (χ4v) is 1.77. The van der Waals surface area contributed by atoms with Crippen LogP contribution in [0, 0.1) is 0 Å². The highest BCUT2D eigenvalue weighted by Crippen LogP contribution is 2.30. The summed E-state index contributed by atoms with van der Waals surface area (Å²) in [7, 11) is 1.96. The van der Waals surface area contributed by atoms with Crippen LogP contribution in [0.2, 0.25) is 0 Å². The van der Waals surface area contributed by atoms with E-state index in [0.29, 0.717) is 5.92 Å². The lowest BCUT2D eigenvalue weighted by Gasteiger charge is -2.17. The van der Waals surface area contributed by atoms with E-state index in [4.69, 9.17) is 4.74 Å². The van der Waals surface area contributed by atoms with Crippen LogP contribution in [0.4, 0.5) is 0 Å². The normalized spacial score (nSPS) is 10.8. The van der Waals surface area contributed by atoms with Crippen LogP contribution in [-0.4, -0.2) is 13.7 Å². The second-order valence-corrected chi connectivity index (χ2v) is 4.37. The first kappa shape index (κ1) is 13.0. The molecule has 0 aliphatic carbocycles. The van der Waals surface area contributed by atoms with E-state index in [2.05, 4.69) is 44.3 Å². The Kier molecular flexibility index (Phi) is 5.33. The second kappa shape index (κ2) is 6.54. The molecule has 90 valence electrons. The molecule has 0 heterocycles. The molecule has 0 amide bonds. The van der Waals surface area contributed by atoms with Gasteiger partial charge in [-0.3, -0.25) is 0 Å². The summed E-state index contributed by atoms with van der Waals surface area (Å²) in [5, 5.41) is 3.19. The molecule has 0 saturated heterocycles. The van der Waals surface area contributed by atoms with Crippen LogP contribution < -0.4 is 10.1 Å². The van der Waals surface area contributed by atoms with E-state index in [1.54, 1.807) is 0 Å². The Labute approximate surface area is 99.0 Å². The fourth-order valence-electron chi connectivity index (χ4n) is 1.77. The number of hydrogen-bond donors (Lipinski definition) is 1. The van der Waals surface area contributed by atoms with Crippen LogP contribution in [0.1, 0.15) is 44.2 Å². The smallest absolute Gasteiger partial charge is 0.127 e. The first-order chi connectivity index (χ1) is 7.70. The van der Waals surface area contributed by atoms with Gasteiger partial charge in [0.15, 0.2) is 0 Å². The highest BCUT2D eigenvalue weighted by molar-refractivity contribution is 5.43. The summed E-state index contributed by atoms with van der Waals surface area (Å²) in [5.41, 5.74) is 2.56. The molecule has 1 aromatic carbocycles. The van der Waals surface area contributed by atoms with Crippen molar-refractivity contribution in [3.63, 3.8) is 0 Å². The second-order valence-electron chi connectivity index (χ2n) is 4.37. The standard InChI is InChI=1S/C14H23NO/c1-5-9-16-14-12(10-15-4)7-6-8-13(14)11(2)3/h6-8,11,15H,5,9-10H2,1-4H3. The molecule has 0 bridgehead atoms. The van der Waals surface area contributed by atoms with Gasteiger partial charge in [-0.15, -0.1) is 0 Å². The van der Waals surface area contributed by atoms with E-state index in [1.807, 2.05) is 7.05 Å². The van der Waals surface area contributed by atoms with Crippen molar-refractivity contribution in [2.75, 3.05) is 13.7 Å². The first-order valence-electron chi connectivity index (χ1n) is 6.09. The van der Waals surface area contributed by atoms with Crippen molar-refractivity contribution in [1.29, 1.82) is 0 Å². The fraction of sp³-hybridized carbons (Fsp3) is 0.571. The van der Waals surface area contributed by atoms with Crippen molar-refractivity contribution in [3.8, 4) is 5.75 Å². The van der Waals surface area contributed by atoms with Crippen molar-refractivity contribution in [2.24, 2.45) is 0 Å². The zero-order valence-corrected chi connectivity index (χ0v) is 10.8. The lowest BCUT2D eigenvalue weighted by molar-refractivity contribution is 0.309. The van der Waals surface area contributed by atoms with E-state index in [-0.39, 0.29) is 0 Å². The summed E-state index contributed by atoms with van der Waals surface area (Å²) in [6, 6.07) is 6.41. The molecule has 0 fully saturated rings.